The van der Waals surface area contributed by atoms with E-state index in [1.54, 1.807) is 6.07 Å². The first-order chi connectivity index (χ1) is 13.2. The summed E-state index contributed by atoms with van der Waals surface area (Å²) in [6.45, 7) is 7.35. The summed E-state index contributed by atoms with van der Waals surface area (Å²) in [5.74, 6) is -0.907. The minimum atomic E-state index is -1.31. The molecular formula is C20H27ClN2O4S. The van der Waals surface area contributed by atoms with Gasteiger partial charge < -0.3 is 18.8 Å². The van der Waals surface area contributed by atoms with E-state index in [1.165, 1.54) is 0 Å². The van der Waals surface area contributed by atoms with Crippen molar-refractivity contribution >= 4 is 23.0 Å². The van der Waals surface area contributed by atoms with Crippen LogP contribution in [-0.4, -0.2) is 41.8 Å². The molecule has 0 spiro atoms. The standard InChI is InChI=1S/C20H27ClN2O4S/c1-18(2,3)28(24)23-17(19(12-22)13-25-14-19)7-8-20(26-9-10-27-20)15-5-4-6-16(21)11-15/h4-6,11,17,23H,7-10,13-14H2,1-3H3. The van der Waals surface area contributed by atoms with Crippen LogP contribution < -0.4 is 4.72 Å². The number of rotatable bonds is 7. The van der Waals surface area contributed by atoms with Crippen LogP contribution in [0.1, 0.15) is 39.2 Å². The lowest BCUT2D eigenvalue weighted by atomic mass is 9.77. The molecule has 2 atom stereocenters. The molecule has 28 heavy (non-hydrogen) atoms. The zero-order chi connectivity index (χ0) is 20.4. The third-order valence-corrected chi connectivity index (χ3v) is 7.04. The summed E-state index contributed by atoms with van der Waals surface area (Å²) in [4.78, 5) is 0. The quantitative estimate of drug-likeness (QED) is 0.673. The Kier molecular flexibility index (Phi) is 6.62. The smallest absolute Gasteiger partial charge is 0.195 e. The number of hydrogen-bond acceptors (Lipinski definition) is 6. The van der Waals surface area contributed by atoms with E-state index < -0.39 is 27.3 Å². The van der Waals surface area contributed by atoms with E-state index in [4.69, 9.17) is 25.8 Å². The highest BCUT2D eigenvalue weighted by Gasteiger charge is 2.51. The highest BCUT2D eigenvalue weighted by molar-refractivity contribution is 7.90. The van der Waals surface area contributed by atoms with Crippen molar-refractivity contribution < 1.29 is 18.8 Å². The van der Waals surface area contributed by atoms with E-state index in [1.807, 2.05) is 39.0 Å². The lowest BCUT2D eigenvalue weighted by Gasteiger charge is -2.43. The molecule has 2 heterocycles. The van der Waals surface area contributed by atoms with Gasteiger partial charge in [0.15, 0.2) is 5.79 Å². The van der Waals surface area contributed by atoms with Gasteiger partial charge in [0, 0.05) is 28.4 Å². The van der Waals surface area contributed by atoms with Crippen molar-refractivity contribution in [2.75, 3.05) is 26.4 Å². The fourth-order valence-corrected chi connectivity index (χ4v) is 4.54. The maximum atomic E-state index is 12.7. The Bertz CT molecular complexity index is 724. The monoisotopic (exact) mass is 426 g/mol. The molecule has 6 nitrogen and oxygen atoms in total. The van der Waals surface area contributed by atoms with Crippen LogP contribution >= 0.6 is 11.6 Å². The summed E-state index contributed by atoms with van der Waals surface area (Å²) >= 11 is 4.86. The van der Waals surface area contributed by atoms with Crippen molar-refractivity contribution in [3.63, 3.8) is 0 Å². The zero-order valence-corrected chi connectivity index (χ0v) is 18.1. The van der Waals surface area contributed by atoms with Crippen LogP contribution in [0.2, 0.25) is 5.02 Å². The van der Waals surface area contributed by atoms with Crippen LogP contribution in [0.25, 0.3) is 0 Å². The first-order valence-electron chi connectivity index (χ1n) is 9.42. The van der Waals surface area contributed by atoms with Crippen LogP contribution in [0.3, 0.4) is 0 Å². The number of benzene rings is 1. The predicted molar refractivity (Wildman–Crippen MR) is 108 cm³/mol. The van der Waals surface area contributed by atoms with Gasteiger partial charge in [0.05, 0.1) is 38.5 Å². The molecule has 0 radical (unpaired) electrons. The minimum Gasteiger partial charge on any atom is -0.598 e. The summed E-state index contributed by atoms with van der Waals surface area (Å²) in [7, 11) is 0. The van der Waals surface area contributed by atoms with Gasteiger partial charge in [0.25, 0.3) is 0 Å². The molecule has 2 unspecified atom stereocenters. The summed E-state index contributed by atoms with van der Waals surface area (Å²) < 4.78 is 32.8. The van der Waals surface area contributed by atoms with E-state index in [9.17, 15) is 9.81 Å². The Morgan fingerprint density at radius 3 is 2.50 bits per heavy atom. The van der Waals surface area contributed by atoms with Crippen LogP contribution in [0.15, 0.2) is 24.3 Å². The van der Waals surface area contributed by atoms with E-state index in [0.29, 0.717) is 44.3 Å². The number of nitrogens with one attached hydrogen (secondary N) is 1. The molecule has 154 valence electrons. The average Bonchev–Trinajstić information content (AvgIpc) is 3.08. The molecule has 0 bridgehead atoms. The number of halogens is 1. The highest BCUT2D eigenvalue weighted by Crippen LogP contribution is 2.41. The van der Waals surface area contributed by atoms with E-state index in [-0.39, 0.29) is 6.04 Å². The first-order valence-corrected chi connectivity index (χ1v) is 10.9. The van der Waals surface area contributed by atoms with Crippen LogP contribution in [0.4, 0.5) is 0 Å². The Morgan fingerprint density at radius 2 is 2.00 bits per heavy atom. The second-order valence-corrected chi connectivity index (χ2v) is 10.7. The van der Waals surface area contributed by atoms with Gasteiger partial charge in [-0.1, -0.05) is 23.7 Å². The predicted octanol–water partition coefficient (Wildman–Crippen LogP) is 3.28. The Hall–Kier alpha value is -0.850. The molecule has 1 aromatic carbocycles. The van der Waals surface area contributed by atoms with E-state index in [0.717, 1.165) is 5.56 Å². The third-order valence-electron chi connectivity index (χ3n) is 5.19. The molecular weight excluding hydrogens is 400 g/mol. The third kappa shape index (κ3) is 4.49. The summed E-state index contributed by atoms with van der Waals surface area (Å²) in [6, 6.07) is 9.52. The van der Waals surface area contributed by atoms with Gasteiger partial charge in [-0.25, -0.2) is 0 Å². The number of hydrogen-bond donors (Lipinski definition) is 1. The Balaban J connectivity index is 1.81. The molecule has 1 N–H and O–H groups in total. The normalized spacial score (nSPS) is 22.9. The van der Waals surface area contributed by atoms with E-state index >= 15 is 0 Å². The minimum absolute atomic E-state index is 0.310. The van der Waals surface area contributed by atoms with Crippen molar-refractivity contribution in [3.8, 4) is 6.07 Å². The van der Waals surface area contributed by atoms with Gasteiger partial charge in [-0.3, -0.25) is 0 Å². The van der Waals surface area contributed by atoms with Crippen molar-refractivity contribution in [3.05, 3.63) is 34.9 Å². The van der Waals surface area contributed by atoms with Gasteiger partial charge in [-0.05, 0) is 39.3 Å². The fourth-order valence-electron chi connectivity index (χ4n) is 3.39. The van der Waals surface area contributed by atoms with E-state index in [2.05, 4.69) is 10.8 Å². The van der Waals surface area contributed by atoms with Crippen molar-refractivity contribution in [1.29, 1.82) is 5.26 Å². The molecule has 3 rings (SSSR count). The Morgan fingerprint density at radius 1 is 1.32 bits per heavy atom. The second kappa shape index (κ2) is 8.49. The van der Waals surface area contributed by atoms with Crippen LogP contribution in [0.5, 0.6) is 0 Å². The van der Waals surface area contributed by atoms with Gasteiger partial charge in [-0.15, -0.1) is 4.72 Å². The van der Waals surface area contributed by atoms with Crippen molar-refractivity contribution in [1.82, 2.24) is 4.72 Å². The molecule has 0 aromatic heterocycles. The SMILES string of the molecule is CC(C)(C)[S+]([O-])NC(CCC1(c2cccc(Cl)c2)OCCO1)C1(C#N)COC1. The average molecular weight is 427 g/mol. The largest absolute Gasteiger partial charge is 0.598 e. The maximum Gasteiger partial charge on any atom is 0.195 e. The maximum absolute atomic E-state index is 12.7. The lowest BCUT2D eigenvalue weighted by molar-refractivity contribution is -0.176. The molecule has 1 aromatic rings. The summed E-state index contributed by atoms with van der Waals surface area (Å²) in [5, 5.41) is 10.4. The molecule has 0 saturated carbocycles. The van der Waals surface area contributed by atoms with Crippen LogP contribution in [-0.2, 0) is 31.4 Å². The highest BCUT2D eigenvalue weighted by atomic mass is 35.5. The molecule has 2 aliphatic heterocycles. The summed E-state index contributed by atoms with van der Waals surface area (Å²) in [5.41, 5.74) is 0.152. The molecule has 2 saturated heterocycles. The summed E-state index contributed by atoms with van der Waals surface area (Å²) in [6.07, 6.45) is 1.06. The van der Waals surface area contributed by atoms with Gasteiger partial charge in [0.1, 0.15) is 10.2 Å². The van der Waals surface area contributed by atoms with Gasteiger partial charge >= 0.3 is 0 Å². The molecule has 2 fully saturated rings. The molecule has 2 aliphatic rings. The number of ether oxygens (including phenoxy) is 3. The van der Waals surface area contributed by atoms with Gasteiger partial charge in [-0.2, -0.15) is 5.26 Å². The van der Waals surface area contributed by atoms with Gasteiger partial charge in [0.2, 0.25) is 0 Å². The Labute approximate surface area is 174 Å². The number of nitriles is 1. The van der Waals surface area contributed by atoms with Crippen LogP contribution in [0, 0.1) is 16.7 Å². The molecule has 0 aliphatic carbocycles. The lowest BCUT2D eigenvalue weighted by Crippen LogP contribution is -2.59. The number of nitrogens with zero attached hydrogens (tertiary/aromatic N) is 1. The fraction of sp³-hybridized carbons (Fsp3) is 0.650. The van der Waals surface area contributed by atoms with Crippen molar-refractivity contribution in [2.45, 2.75) is 50.2 Å². The topological polar surface area (TPSA) is 86.6 Å². The molecule has 8 heteroatoms. The first kappa shape index (κ1) is 21.8. The second-order valence-electron chi connectivity index (χ2n) is 8.31. The van der Waals surface area contributed by atoms with Crippen molar-refractivity contribution in [2.24, 2.45) is 5.41 Å². The molecule has 0 amide bonds. The zero-order valence-electron chi connectivity index (χ0n) is 16.5.